The van der Waals surface area contributed by atoms with Crippen molar-refractivity contribution in [2.24, 2.45) is 5.92 Å². The molecule has 0 spiro atoms. The zero-order valence-electron chi connectivity index (χ0n) is 10.3. The number of likely N-dealkylation sites (N-methyl/N-ethyl adjacent to an activating group) is 1. The van der Waals surface area contributed by atoms with Crippen molar-refractivity contribution in [2.75, 3.05) is 20.1 Å². The molecule has 0 aromatic rings. The predicted molar refractivity (Wildman–Crippen MR) is 56.4 cm³/mol. The van der Waals surface area contributed by atoms with E-state index in [1.807, 2.05) is 13.8 Å². The summed E-state index contributed by atoms with van der Waals surface area (Å²) in [5, 5.41) is 2.38. The molecule has 0 aliphatic carbocycles. The van der Waals surface area contributed by atoms with E-state index in [-0.39, 0.29) is 10.8 Å². The van der Waals surface area contributed by atoms with Crippen molar-refractivity contribution in [3.8, 4) is 0 Å². The average molecular weight is 272 g/mol. The van der Waals surface area contributed by atoms with Gasteiger partial charge in [0.1, 0.15) is 0 Å². The molecule has 0 atom stereocenters. The normalized spacial score (nSPS) is 11.8. The summed E-state index contributed by atoms with van der Waals surface area (Å²) in [6.45, 7) is 3.26. The third-order valence-corrected chi connectivity index (χ3v) is 1.99. The van der Waals surface area contributed by atoms with Crippen molar-refractivity contribution in [3.05, 3.63) is 0 Å². The summed E-state index contributed by atoms with van der Waals surface area (Å²) in [5.41, 5.74) is 0. The van der Waals surface area contributed by atoms with Crippen LogP contribution in [0.25, 0.3) is 0 Å². The predicted octanol–water partition coefficient (Wildman–Crippen LogP) is 1.12. The highest BCUT2D eigenvalue weighted by atomic mass is 19.3. The van der Waals surface area contributed by atoms with Gasteiger partial charge >= 0.3 is 12.3 Å². The van der Waals surface area contributed by atoms with E-state index in [2.05, 4.69) is 5.32 Å². The molecule has 0 aliphatic rings. The van der Waals surface area contributed by atoms with Gasteiger partial charge in [0, 0.05) is 13.6 Å². The minimum absolute atomic E-state index is 0.150. The Hall–Kier alpha value is -1.34. The van der Waals surface area contributed by atoms with Crippen LogP contribution < -0.4 is 5.32 Å². The smallest absolute Gasteiger partial charge is 0.354 e. The van der Waals surface area contributed by atoms with Gasteiger partial charge in [-0.05, 0) is 5.92 Å². The van der Waals surface area contributed by atoms with Crippen molar-refractivity contribution in [2.45, 2.75) is 26.2 Å². The van der Waals surface area contributed by atoms with Crippen LogP contribution in [-0.2, 0) is 9.59 Å². The maximum absolute atomic E-state index is 12.7. The van der Waals surface area contributed by atoms with Gasteiger partial charge in [-0.25, -0.2) is 8.78 Å². The largest absolute Gasteiger partial charge is 0.383 e. The lowest BCUT2D eigenvalue weighted by Gasteiger charge is -2.22. The molecule has 4 nitrogen and oxygen atoms in total. The summed E-state index contributed by atoms with van der Waals surface area (Å²) in [6.07, 6.45) is -4.09. The highest BCUT2D eigenvalue weighted by molar-refractivity contribution is 5.88. The zero-order chi connectivity index (χ0) is 14.5. The molecular weight excluding hydrogens is 256 g/mol. The van der Waals surface area contributed by atoms with Gasteiger partial charge in [-0.1, -0.05) is 13.8 Å². The number of hydrogen-bond donors (Lipinski definition) is 1. The van der Waals surface area contributed by atoms with Crippen LogP contribution in [0.1, 0.15) is 13.8 Å². The van der Waals surface area contributed by atoms with Crippen LogP contribution >= 0.6 is 0 Å². The van der Waals surface area contributed by atoms with Gasteiger partial charge < -0.3 is 10.2 Å². The van der Waals surface area contributed by atoms with Crippen LogP contribution in [0.2, 0.25) is 0 Å². The van der Waals surface area contributed by atoms with Crippen molar-refractivity contribution in [3.63, 3.8) is 0 Å². The lowest BCUT2D eigenvalue weighted by atomic mass is 10.2. The summed E-state index contributed by atoms with van der Waals surface area (Å²) in [7, 11) is 0.869. The number of hydrogen-bond acceptors (Lipinski definition) is 2. The maximum atomic E-state index is 12.7. The fraction of sp³-hybridized carbons (Fsp3) is 0.800. The van der Waals surface area contributed by atoms with Crippen molar-refractivity contribution < 1.29 is 27.2 Å². The van der Waals surface area contributed by atoms with E-state index in [0.717, 1.165) is 7.05 Å². The lowest BCUT2D eigenvalue weighted by Crippen LogP contribution is -2.49. The van der Waals surface area contributed by atoms with Gasteiger partial charge in [-0.2, -0.15) is 8.78 Å². The number of carbonyl (C=O) groups is 2. The van der Waals surface area contributed by atoms with E-state index in [0.29, 0.717) is 6.54 Å². The van der Waals surface area contributed by atoms with Crippen molar-refractivity contribution in [1.82, 2.24) is 10.2 Å². The fourth-order valence-corrected chi connectivity index (χ4v) is 1.01. The summed E-state index contributed by atoms with van der Waals surface area (Å²) in [5.74, 6) is -7.37. The van der Waals surface area contributed by atoms with E-state index in [1.54, 1.807) is 0 Å². The number of carbonyl (C=O) groups excluding carboxylic acids is 2. The van der Waals surface area contributed by atoms with Crippen LogP contribution in [0.3, 0.4) is 0 Å². The first-order valence-electron chi connectivity index (χ1n) is 5.27. The molecule has 18 heavy (non-hydrogen) atoms. The van der Waals surface area contributed by atoms with Gasteiger partial charge in [-0.3, -0.25) is 9.59 Å². The van der Waals surface area contributed by atoms with Gasteiger partial charge in [0.05, 0.1) is 6.54 Å². The molecule has 8 heteroatoms. The minimum atomic E-state index is -4.77. The second kappa shape index (κ2) is 6.55. The standard InChI is InChI=1S/C10H16F4N2O2/c1-6(2)4-15-7(17)5-16(3)9(18)10(13,14)8(11)12/h6,8H,4-5H2,1-3H3,(H,15,17). The first kappa shape index (κ1) is 16.7. The van der Waals surface area contributed by atoms with Crippen LogP contribution in [0.5, 0.6) is 0 Å². The molecule has 0 aromatic heterocycles. The molecular formula is C10H16F4N2O2. The Morgan fingerprint density at radius 1 is 1.28 bits per heavy atom. The highest BCUT2D eigenvalue weighted by Crippen LogP contribution is 2.24. The summed E-state index contributed by atoms with van der Waals surface area (Å²) in [6, 6.07) is 0. The van der Waals surface area contributed by atoms with Crippen LogP contribution in [-0.4, -0.2) is 49.2 Å². The summed E-state index contributed by atoms with van der Waals surface area (Å²) < 4.78 is 49.2. The number of alkyl halides is 4. The van der Waals surface area contributed by atoms with Gasteiger partial charge in [-0.15, -0.1) is 0 Å². The first-order valence-corrected chi connectivity index (χ1v) is 5.27. The Balaban J connectivity index is 4.37. The Bertz CT molecular complexity index is 308. The van der Waals surface area contributed by atoms with E-state index >= 15 is 0 Å². The quantitative estimate of drug-likeness (QED) is 0.737. The molecule has 0 rings (SSSR count). The molecule has 0 saturated heterocycles. The third-order valence-electron chi connectivity index (χ3n) is 1.99. The van der Waals surface area contributed by atoms with Gasteiger partial charge in [0.2, 0.25) is 5.91 Å². The van der Waals surface area contributed by atoms with Crippen molar-refractivity contribution >= 4 is 11.8 Å². The molecule has 0 radical (unpaired) electrons. The van der Waals surface area contributed by atoms with Crippen molar-refractivity contribution in [1.29, 1.82) is 0 Å². The maximum Gasteiger partial charge on any atom is 0.383 e. The topological polar surface area (TPSA) is 49.4 Å². The van der Waals surface area contributed by atoms with E-state index in [1.165, 1.54) is 0 Å². The molecule has 1 N–H and O–H groups in total. The molecule has 0 aromatic carbocycles. The van der Waals surface area contributed by atoms with E-state index in [9.17, 15) is 27.2 Å². The average Bonchev–Trinajstić information content (AvgIpc) is 2.24. The summed E-state index contributed by atoms with van der Waals surface area (Å²) in [4.78, 5) is 22.5. The van der Waals surface area contributed by atoms with E-state index < -0.39 is 30.7 Å². The fourth-order valence-electron chi connectivity index (χ4n) is 1.01. The summed E-state index contributed by atoms with van der Waals surface area (Å²) >= 11 is 0. The second-order valence-corrected chi connectivity index (χ2v) is 4.28. The van der Waals surface area contributed by atoms with Gasteiger partial charge in [0.25, 0.3) is 5.91 Å². The number of halogens is 4. The van der Waals surface area contributed by atoms with Crippen LogP contribution in [0, 0.1) is 5.92 Å². The Morgan fingerprint density at radius 3 is 2.17 bits per heavy atom. The van der Waals surface area contributed by atoms with Crippen LogP contribution in [0.15, 0.2) is 0 Å². The first-order chi connectivity index (χ1) is 8.09. The lowest BCUT2D eigenvalue weighted by molar-refractivity contribution is -0.179. The number of rotatable bonds is 6. The molecule has 2 amide bonds. The Labute approximate surface area is 102 Å². The second-order valence-electron chi connectivity index (χ2n) is 4.28. The molecule has 0 bridgehead atoms. The molecule has 0 saturated carbocycles. The molecule has 0 heterocycles. The number of nitrogens with zero attached hydrogens (tertiary/aromatic N) is 1. The minimum Gasteiger partial charge on any atom is -0.354 e. The zero-order valence-corrected chi connectivity index (χ0v) is 10.3. The number of amides is 2. The Kier molecular flexibility index (Phi) is 6.07. The monoisotopic (exact) mass is 272 g/mol. The van der Waals surface area contributed by atoms with Gasteiger partial charge in [0.15, 0.2) is 0 Å². The highest BCUT2D eigenvalue weighted by Gasteiger charge is 2.50. The number of nitrogens with one attached hydrogen (secondary N) is 1. The van der Waals surface area contributed by atoms with Crippen LogP contribution in [0.4, 0.5) is 17.6 Å². The molecule has 0 aliphatic heterocycles. The molecule has 0 fully saturated rings. The Morgan fingerprint density at radius 2 is 1.78 bits per heavy atom. The molecule has 106 valence electrons. The third kappa shape index (κ3) is 4.89. The SMILES string of the molecule is CC(C)CNC(=O)CN(C)C(=O)C(F)(F)C(F)F. The van der Waals surface area contributed by atoms with E-state index in [4.69, 9.17) is 0 Å². The molecule has 0 unspecified atom stereocenters.